The molecule has 3 aromatic rings. The summed E-state index contributed by atoms with van der Waals surface area (Å²) in [5.41, 5.74) is 1.29. The lowest BCUT2D eigenvalue weighted by Gasteiger charge is -2.29. The van der Waals surface area contributed by atoms with Gasteiger partial charge in [-0.05, 0) is 65.3 Å². The molecule has 0 heterocycles. The van der Waals surface area contributed by atoms with Crippen molar-refractivity contribution in [2.24, 2.45) is 0 Å². The van der Waals surface area contributed by atoms with Gasteiger partial charge in [-0.25, -0.2) is 0 Å². The Bertz CT molecular complexity index is 1630. The summed E-state index contributed by atoms with van der Waals surface area (Å²) < 4.78 is 23.3. The molecule has 0 aliphatic heterocycles. The topological polar surface area (TPSA) is 108 Å². The van der Waals surface area contributed by atoms with E-state index in [2.05, 4.69) is 79.0 Å². The number of hydrogen-bond donors (Lipinski definition) is 2. The number of aliphatic hydroxyl groups is 1. The summed E-state index contributed by atoms with van der Waals surface area (Å²) >= 11 is 0. The number of allylic oxidation sites excluding steroid dienone is 2. The molecule has 0 aliphatic carbocycles. The highest BCUT2D eigenvalue weighted by Gasteiger charge is 2.23. The zero-order valence-corrected chi connectivity index (χ0v) is 37.4. The number of fused-ring (bicyclic) bond motifs is 2. The molecule has 8 nitrogen and oxygen atoms in total. The summed E-state index contributed by atoms with van der Waals surface area (Å²) in [6.45, 7) is 2.33. The first kappa shape index (κ1) is 49.5. The normalized spacial score (nSPS) is 14.4. The van der Waals surface area contributed by atoms with E-state index in [4.69, 9.17) is 9.05 Å². The van der Waals surface area contributed by atoms with Gasteiger partial charge in [-0.3, -0.25) is 9.36 Å². The zero-order valence-electron chi connectivity index (χ0n) is 36.5. The Kier molecular flexibility index (Phi) is 24.4. The van der Waals surface area contributed by atoms with Crippen molar-refractivity contribution in [2.75, 3.05) is 40.9 Å². The molecule has 3 rings (SSSR count). The Hall–Kier alpha value is -2.84. The average molecular weight is 821 g/mol. The fourth-order valence-corrected chi connectivity index (χ4v) is 8.02. The molecule has 0 saturated heterocycles. The number of carbonyl (C=O) groups excluding carboxylic acids is 1. The highest BCUT2D eigenvalue weighted by Crippen LogP contribution is 2.38. The van der Waals surface area contributed by atoms with Crippen LogP contribution in [0.25, 0.3) is 27.6 Å². The van der Waals surface area contributed by atoms with Crippen LogP contribution in [-0.2, 0) is 18.4 Å². The lowest BCUT2D eigenvalue weighted by Crippen LogP contribution is -2.45. The first-order valence-electron chi connectivity index (χ1n) is 22.6. The molecule has 0 radical (unpaired) electrons. The van der Waals surface area contributed by atoms with Crippen LogP contribution >= 0.6 is 7.82 Å². The fourth-order valence-electron chi connectivity index (χ4n) is 7.30. The number of rotatable bonds is 33. The van der Waals surface area contributed by atoms with Gasteiger partial charge in [-0.15, -0.1) is 0 Å². The molecule has 58 heavy (non-hydrogen) atoms. The monoisotopic (exact) mass is 821 g/mol. The van der Waals surface area contributed by atoms with Crippen LogP contribution in [0.4, 0.5) is 0 Å². The molecule has 0 spiro atoms. The lowest BCUT2D eigenvalue weighted by molar-refractivity contribution is -0.870. The van der Waals surface area contributed by atoms with Crippen LogP contribution < -0.4 is 10.2 Å². The summed E-state index contributed by atoms with van der Waals surface area (Å²) in [6, 6.07) is 18.6. The van der Waals surface area contributed by atoms with E-state index < -0.39 is 26.6 Å². The number of amides is 1. The second-order valence-corrected chi connectivity index (χ2v) is 18.6. The lowest BCUT2D eigenvalue weighted by atomic mass is 9.96. The van der Waals surface area contributed by atoms with Crippen LogP contribution in [0, 0.1) is 0 Å². The number of unbranched alkanes of at least 4 members (excludes halogenated alkanes) is 18. The van der Waals surface area contributed by atoms with Crippen LogP contribution in [0.1, 0.15) is 147 Å². The Morgan fingerprint density at radius 2 is 1.24 bits per heavy atom. The average Bonchev–Trinajstić information content (AvgIpc) is 3.19. The number of benzene rings is 3. The summed E-state index contributed by atoms with van der Waals surface area (Å²) in [5.74, 6) is -0.219. The van der Waals surface area contributed by atoms with E-state index in [9.17, 15) is 19.4 Å². The zero-order chi connectivity index (χ0) is 41.9. The van der Waals surface area contributed by atoms with E-state index >= 15 is 0 Å². The van der Waals surface area contributed by atoms with Crippen molar-refractivity contribution in [3.05, 3.63) is 78.4 Å². The molecular formula is C49H77N2O6P. The van der Waals surface area contributed by atoms with E-state index in [-0.39, 0.29) is 12.5 Å². The Morgan fingerprint density at radius 1 is 0.741 bits per heavy atom. The van der Waals surface area contributed by atoms with E-state index in [1.165, 1.54) is 97.7 Å². The van der Waals surface area contributed by atoms with Gasteiger partial charge < -0.3 is 28.8 Å². The van der Waals surface area contributed by atoms with Crippen LogP contribution in [-0.4, -0.2) is 68.5 Å². The van der Waals surface area contributed by atoms with Crippen LogP contribution in [0.3, 0.4) is 0 Å². The summed E-state index contributed by atoms with van der Waals surface area (Å²) in [4.78, 5) is 25.4. The maximum Gasteiger partial charge on any atom is 0.268 e. The maximum atomic E-state index is 12.9. The largest absolute Gasteiger partial charge is 0.756 e. The Balaban J connectivity index is 1.34. The molecule has 324 valence electrons. The van der Waals surface area contributed by atoms with Crippen molar-refractivity contribution in [3.63, 3.8) is 0 Å². The third-order valence-electron chi connectivity index (χ3n) is 10.9. The predicted molar refractivity (Wildman–Crippen MR) is 243 cm³/mol. The molecule has 1 unspecified atom stereocenters. The third kappa shape index (κ3) is 21.4. The number of hydrogen-bond acceptors (Lipinski definition) is 6. The molecule has 3 aromatic carbocycles. The first-order valence-corrected chi connectivity index (χ1v) is 24.1. The molecular weight excluding hydrogens is 744 g/mol. The Labute approximate surface area is 351 Å². The highest BCUT2D eigenvalue weighted by molar-refractivity contribution is 7.45. The minimum atomic E-state index is -4.60. The van der Waals surface area contributed by atoms with Gasteiger partial charge in [0.1, 0.15) is 13.2 Å². The second kappa shape index (κ2) is 28.6. The molecule has 9 heteroatoms. The fraction of sp³-hybridized carbons (Fsp3) is 0.612. The van der Waals surface area contributed by atoms with E-state index in [1.54, 1.807) is 6.08 Å². The smallest absolute Gasteiger partial charge is 0.268 e. The summed E-state index contributed by atoms with van der Waals surface area (Å²) in [6.07, 6.45) is 30.6. The molecule has 0 aliphatic rings. The molecule has 3 atom stereocenters. The van der Waals surface area contributed by atoms with Crippen LogP contribution in [0.2, 0.25) is 0 Å². The van der Waals surface area contributed by atoms with E-state index in [0.717, 1.165) is 57.8 Å². The highest BCUT2D eigenvalue weighted by atomic mass is 31.2. The molecule has 2 N–H and O–H groups in total. The van der Waals surface area contributed by atoms with Gasteiger partial charge in [0.2, 0.25) is 5.91 Å². The minimum absolute atomic E-state index is 0.0106. The number of carbonyl (C=O) groups is 1. The number of nitrogens with one attached hydrogen (secondary N) is 1. The standard InChI is InChI=1S/C49H77N2O6P/c1-5-6-7-8-9-10-11-12-13-16-19-22-25-36-48(52)47(41-57-58(54,55)56-39-38-51(2,3)4)50-49(53)37-26-23-20-17-14-15-18-21-24-35-46-44-33-29-27-31-42(44)40-43-32-28-30-34-45(43)46/h24-25,27-36,40,47-48,52H,5-23,26,37-39,41H2,1-4H3,(H-,50,53,54,55)/b35-24+,36-25+/t47-,48+/m0/s1. The second-order valence-electron chi connectivity index (χ2n) is 17.2. The number of aliphatic hydroxyl groups excluding tert-OH is 1. The van der Waals surface area contributed by atoms with Crippen molar-refractivity contribution >= 4 is 41.4 Å². The minimum Gasteiger partial charge on any atom is -0.756 e. The van der Waals surface area contributed by atoms with E-state index in [0.29, 0.717) is 17.4 Å². The van der Waals surface area contributed by atoms with Gasteiger partial charge in [0.15, 0.2) is 0 Å². The number of nitrogens with zero attached hydrogens (tertiary/aromatic N) is 1. The van der Waals surface area contributed by atoms with E-state index in [1.807, 2.05) is 27.2 Å². The Morgan fingerprint density at radius 3 is 1.79 bits per heavy atom. The van der Waals surface area contributed by atoms with Crippen molar-refractivity contribution in [2.45, 2.75) is 154 Å². The van der Waals surface area contributed by atoms with Gasteiger partial charge in [0.25, 0.3) is 7.82 Å². The third-order valence-corrected chi connectivity index (χ3v) is 11.8. The van der Waals surface area contributed by atoms with Crippen LogP contribution in [0.5, 0.6) is 0 Å². The number of phosphoric acid groups is 1. The molecule has 0 saturated carbocycles. The van der Waals surface area contributed by atoms with Crippen molar-refractivity contribution < 1.29 is 32.9 Å². The van der Waals surface area contributed by atoms with Gasteiger partial charge in [-0.1, -0.05) is 176 Å². The van der Waals surface area contributed by atoms with Gasteiger partial charge in [0, 0.05) is 6.42 Å². The summed E-state index contributed by atoms with van der Waals surface area (Å²) in [7, 11) is 1.23. The number of likely N-dealkylation sites (N-methyl/N-ethyl adjacent to an activating group) is 1. The molecule has 1 amide bonds. The van der Waals surface area contributed by atoms with Crippen molar-refractivity contribution in [1.82, 2.24) is 5.32 Å². The van der Waals surface area contributed by atoms with Crippen molar-refractivity contribution in [1.29, 1.82) is 0 Å². The maximum absolute atomic E-state index is 12.9. The predicted octanol–water partition coefficient (Wildman–Crippen LogP) is 11.8. The number of phosphoric ester groups is 1. The SMILES string of the molecule is CCCCCCCCCCCCC/C=C/[C@@H](O)[C@H](COP(=O)([O-])OCC[N+](C)(C)C)NC(=O)CCCCCCCCC/C=C/c1c2ccccc2cc2ccccc12. The first-order chi connectivity index (χ1) is 28.0. The molecule has 0 bridgehead atoms. The van der Waals surface area contributed by atoms with Gasteiger partial charge in [0.05, 0.1) is 39.9 Å². The van der Waals surface area contributed by atoms with Crippen LogP contribution in [0.15, 0.2) is 72.8 Å². The van der Waals surface area contributed by atoms with Crippen molar-refractivity contribution in [3.8, 4) is 0 Å². The summed E-state index contributed by atoms with van der Waals surface area (Å²) in [5, 5.41) is 18.9. The molecule has 0 fully saturated rings. The van der Waals surface area contributed by atoms with Gasteiger partial charge >= 0.3 is 0 Å². The quantitative estimate of drug-likeness (QED) is 0.0208. The van der Waals surface area contributed by atoms with Gasteiger partial charge in [-0.2, -0.15) is 0 Å². The number of quaternary nitrogens is 1. The molecule has 0 aromatic heterocycles.